The molecule has 1 aromatic rings. The summed E-state index contributed by atoms with van der Waals surface area (Å²) in [6.45, 7) is 3.18. The van der Waals surface area contributed by atoms with E-state index in [1.807, 2.05) is 13.2 Å². The average Bonchev–Trinajstić information content (AvgIpc) is 2.94. The first-order valence-electron chi connectivity index (χ1n) is 7.14. The number of nitrogens with one attached hydrogen (secondary N) is 1. The monoisotopic (exact) mass is 251 g/mol. The molecule has 0 spiro atoms. The minimum absolute atomic E-state index is 0.0920. The van der Waals surface area contributed by atoms with Gasteiger partial charge in [0.15, 0.2) is 0 Å². The molecule has 1 aliphatic rings. The first-order valence-corrected chi connectivity index (χ1v) is 7.14. The highest BCUT2D eigenvalue weighted by atomic mass is 16.5. The van der Waals surface area contributed by atoms with Gasteiger partial charge in [-0.25, -0.2) is 0 Å². The lowest BCUT2D eigenvalue weighted by molar-refractivity contribution is -0.0732. The second-order valence-corrected chi connectivity index (χ2v) is 5.23. The van der Waals surface area contributed by atoms with E-state index in [-0.39, 0.29) is 11.6 Å². The molecule has 3 nitrogen and oxygen atoms in total. The van der Waals surface area contributed by atoms with E-state index in [0.29, 0.717) is 0 Å². The van der Waals surface area contributed by atoms with Crippen LogP contribution in [0.15, 0.2) is 22.8 Å². The van der Waals surface area contributed by atoms with E-state index in [0.717, 1.165) is 31.6 Å². The van der Waals surface area contributed by atoms with E-state index in [9.17, 15) is 0 Å². The van der Waals surface area contributed by atoms with Crippen molar-refractivity contribution in [2.75, 3.05) is 13.7 Å². The van der Waals surface area contributed by atoms with Crippen LogP contribution in [0.1, 0.15) is 57.3 Å². The Balaban J connectivity index is 2.20. The Bertz CT molecular complexity index is 328. The van der Waals surface area contributed by atoms with Crippen molar-refractivity contribution in [3.05, 3.63) is 24.2 Å². The molecule has 0 aliphatic heterocycles. The predicted molar refractivity (Wildman–Crippen MR) is 72.6 cm³/mol. The number of rotatable bonds is 6. The van der Waals surface area contributed by atoms with Gasteiger partial charge in [0.2, 0.25) is 0 Å². The molecule has 18 heavy (non-hydrogen) atoms. The molecule has 0 amide bonds. The summed E-state index contributed by atoms with van der Waals surface area (Å²) in [5.41, 5.74) is -0.0920. The van der Waals surface area contributed by atoms with E-state index in [1.54, 1.807) is 6.26 Å². The lowest BCUT2D eigenvalue weighted by Gasteiger charge is -2.42. The summed E-state index contributed by atoms with van der Waals surface area (Å²) in [5, 5.41) is 3.61. The molecular formula is C15H25NO2. The van der Waals surface area contributed by atoms with Crippen molar-refractivity contribution in [1.82, 2.24) is 5.32 Å². The van der Waals surface area contributed by atoms with E-state index < -0.39 is 0 Å². The summed E-state index contributed by atoms with van der Waals surface area (Å²) < 4.78 is 11.6. The van der Waals surface area contributed by atoms with Gasteiger partial charge in [-0.3, -0.25) is 0 Å². The second kappa shape index (κ2) is 6.39. The molecule has 1 saturated carbocycles. The quantitative estimate of drug-likeness (QED) is 0.837. The molecule has 1 atom stereocenters. The van der Waals surface area contributed by atoms with Crippen molar-refractivity contribution in [2.24, 2.45) is 0 Å². The van der Waals surface area contributed by atoms with Crippen LogP contribution in [0.25, 0.3) is 0 Å². The molecule has 2 rings (SSSR count). The second-order valence-electron chi connectivity index (χ2n) is 5.23. The zero-order valence-corrected chi connectivity index (χ0v) is 11.6. The summed E-state index contributed by atoms with van der Waals surface area (Å²) in [4.78, 5) is 0. The van der Waals surface area contributed by atoms with Gasteiger partial charge in [0, 0.05) is 7.11 Å². The zero-order valence-electron chi connectivity index (χ0n) is 11.6. The predicted octanol–water partition coefficient (Wildman–Crippen LogP) is 3.67. The summed E-state index contributed by atoms with van der Waals surface area (Å²) in [6.07, 6.45) is 8.93. The van der Waals surface area contributed by atoms with Crippen LogP contribution in [-0.2, 0) is 4.74 Å². The van der Waals surface area contributed by atoms with Crippen LogP contribution < -0.4 is 5.32 Å². The maximum Gasteiger partial charge on any atom is 0.123 e. The number of hydrogen-bond acceptors (Lipinski definition) is 3. The van der Waals surface area contributed by atoms with Crippen LogP contribution in [0.3, 0.4) is 0 Å². The fraction of sp³-hybridized carbons (Fsp3) is 0.733. The summed E-state index contributed by atoms with van der Waals surface area (Å²) >= 11 is 0. The van der Waals surface area contributed by atoms with Crippen molar-refractivity contribution in [3.63, 3.8) is 0 Å². The van der Waals surface area contributed by atoms with Gasteiger partial charge in [0.05, 0.1) is 17.9 Å². The third kappa shape index (κ3) is 2.78. The Morgan fingerprint density at radius 1 is 1.39 bits per heavy atom. The molecule has 102 valence electrons. The van der Waals surface area contributed by atoms with Crippen LogP contribution in [0.2, 0.25) is 0 Å². The lowest BCUT2D eigenvalue weighted by Crippen LogP contribution is -2.47. The van der Waals surface area contributed by atoms with Crippen LogP contribution in [-0.4, -0.2) is 19.3 Å². The maximum absolute atomic E-state index is 5.94. The van der Waals surface area contributed by atoms with Crippen molar-refractivity contribution in [2.45, 2.75) is 57.1 Å². The molecule has 0 bridgehead atoms. The Morgan fingerprint density at radius 2 is 2.17 bits per heavy atom. The number of methoxy groups -OCH3 is 1. The van der Waals surface area contributed by atoms with Gasteiger partial charge in [-0.15, -0.1) is 0 Å². The zero-order chi connectivity index (χ0) is 12.8. The van der Waals surface area contributed by atoms with Crippen molar-refractivity contribution in [1.29, 1.82) is 0 Å². The molecule has 1 heterocycles. The smallest absolute Gasteiger partial charge is 0.123 e. The largest absolute Gasteiger partial charge is 0.468 e. The lowest BCUT2D eigenvalue weighted by atomic mass is 9.78. The third-order valence-corrected chi connectivity index (χ3v) is 4.06. The molecule has 0 aromatic carbocycles. The normalized spacial score (nSPS) is 20.8. The van der Waals surface area contributed by atoms with Crippen LogP contribution in [0, 0.1) is 0 Å². The van der Waals surface area contributed by atoms with E-state index >= 15 is 0 Å². The van der Waals surface area contributed by atoms with E-state index in [1.165, 1.54) is 19.3 Å². The van der Waals surface area contributed by atoms with E-state index in [4.69, 9.17) is 9.15 Å². The van der Waals surface area contributed by atoms with Gasteiger partial charge in [0.1, 0.15) is 5.76 Å². The molecule has 1 unspecified atom stereocenters. The minimum Gasteiger partial charge on any atom is -0.468 e. The molecular weight excluding hydrogens is 226 g/mol. The molecule has 0 saturated heterocycles. The number of hydrogen-bond donors (Lipinski definition) is 1. The fourth-order valence-electron chi connectivity index (χ4n) is 3.05. The molecule has 3 heteroatoms. The van der Waals surface area contributed by atoms with Crippen molar-refractivity contribution >= 4 is 0 Å². The minimum atomic E-state index is -0.0920. The number of furan rings is 1. The number of ether oxygens (including phenoxy) is 1. The molecule has 0 radical (unpaired) electrons. The highest BCUT2D eigenvalue weighted by molar-refractivity contribution is 5.12. The van der Waals surface area contributed by atoms with Gasteiger partial charge >= 0.3 is 0 Å². The molecule has 1 aliphatic carbocycles. The van der Waals surface area contributed by atoms with Crippen LogP contribution in [0.4, 0.5) is 0 Å². The summed E-state index contributed by atoms with van der Waals surface area (Å²) in [5.74, 6) is 1.01. The third-order valence-electron chi connectivity index (χ3n) is 4.06. The van der Waals surface area contributed by atoms with E-state index in [2.05, 4.69) is 18.3 Å². The fourth-order valence-corrected chi connectivity index (χ4v) is 3.05. The Labute approximate surface area is 110 Å². The molecule has 1 aromatic heterocycles. The molecule has 1 N–H and O–H groups in total. The van der Waals surface area contributed by atoms with Gasteiger partial charge in [-0.1, -0.05) is 26.2 Å². The van der Waals surface area contributed by atoms with Gasteiger partial charge < -0.3 is 14.5 Å². The first kappa shape index (κ1) is 13.6. The van der Waals surface area contributed by atoms with Crippen LogP contribution in [0.5, 0.6) is 0 Å². The van der Waals surface area contributed by atoms with Gasteiger partial charge in [-0.2, -0.15) is 0 Å². The van der Waals surface area contributed by atoms with Gasteiger partial charge in [-0.05, 0) is 37.9 Å². The van der Waals surface area contributed by atoms with Gasteiger partial charge in [0.25, 0.3) is 0 Å². The topological polar surface area (TPSA) is 34.4 Å². The highest BCUT2D eigenvalue weighted by Crippen LogP contribution is 2.41. The Morgan fingerprint density at radius 3 is 2.72 bits per heavy atom. The first-order chi connectivity index (χ1) is 8.82. The maximum atomic E-state index is 5.94. The standard InChI is InChI=1S/C15H25NO2/c1-3-11-16-14(13-8-7-12-18-13)15(17-2)9-5-4-6-10-15/h7-8,12,14,16H,3-6,9-11H2,1-2H3. The Hall–Kier alpha value is -0.800. The summed E-state index contributed by atoms with van der Waals surface area (Å²) in [6, 6.07) is 4.20. The molecule has 1 fully saturated rings. The summed E-state index contributed by atoms with van der Waals surface area (Å²) in [7, 11) is 1.84. The SMILES string of the molecule is CCCNC(c1ccco1)C1(OC)CCCCC1. The van der Waals surface area contributed by atoms with Crippen LogP contribution >= 0.6 is 0 Å². The highest BCUT2D eigenvalue weighted by Gasteiger charge is 2.41. The van der Waals surface area contributed by atoms with Crippen molar-refractivity contribution < 1.29 is 9.15 Å². The Kier molecular flexibility index (Phi) is 4.84. The van der Waals surface area contributed by atoms with Crippen molar-refractivity contribution in [3.8, 4) is 0 Å². The average molecular weight is 251 g/mol.